The predicted octanol–water partition coefficient (Wildman–Crippen LogP) is 1.27. The van der Waals surface area contributed by atoms with Crippen LogP contribution in [0.3, 0.4) is 0 Å². The molecule has 1 amide bonds. The summed E-state index contributed by atoms with van der Waals surface area (Å²) in [5.74, 6) is 2.01. The van der Waals surface area contributed by atoms with Crippen molar-refractivity contribution in [1.82, 2.24) is 9.88 Å². The fraction of sp³-hybridized carbons (Fsp3) is 0.400. The Labute approximate surface area is 105 Å². The molecule has 1 saturated heterocycles. The number of hydrogen-bond donors (Lipinski definition) is 1. The predicted molar refractivity (Wildman–Crippen MR) is 69.1 cm³/mol. The molecule has 0 atom stereocenters. The molecule has 16 heavy (non-hydrogen) atoms. The molecule has 2 N–H and O–H groups in total. The molecule has 1 fully saturated rings. The van der Waals surface area contributed by atoms with Gasteiger partial charge in [0.1, 0.15) is 0 Å². The number of nitrogen functional groups attached to an aromatic ring is 1. The van der Waals surface area contributed by atoms with Crippen molar-refractivity contribution >= 4 is 35.8 Å². The third-order valence-corrected chi connectivity index (χ3v) is 3.33. The van der Waals surface area contributed by atoms with Crippen molar-refractivity contribution in [2.24, 2.45) is 0 Å². The van der Waals surface area contributed by atoms with Crippen LogP contribution in [0, 0.1) is 0 Å². The van der Waals surface area contributed by atoms with Gasteiger partial charge in [-0.05, 0) is 6.07 Å². The maximum absolute atomic E-state index is 12.0. The largest absolute Gasteiger partial charge is 0.398 e. The van der Waals surface area contributed by atoms with Gasteiger partial charge in [0.2, 0.25) is 0 Å². The third-order valence-electron chi connectivity index (χ3n) is 2.38. The average molecular weight is 260 g/mol. The first-order chi connectivity index (χ1) is 7.29. The van der Waals surface area contributed by atoms with Crippen LogP contribution in [0.1, 0.15) is 10.4 Å². The number of nitrogens with two attached hydrogens (primary N) is 1. The molecule has 4 nitrogen and oxygen atoms in total. The van der Waals surface area contributed by atoms with Crippen molar-refractivity contribution in [3.63, 3.8) is 0 Å². The second kappa shape index (κ2) is 5.96. The lowest BCUT2D eigenvalue weighted by atomic mass is 10.2. The summed E-state index contributed by atoms with van der Waals surface area (Å²) in [5, 5.41) is 0. The Morgan fingerprint density at radius 2 is 2.12 bits per heavy atom. The van der Waals surface area contributed by atoms with E-state index in [0.29, 0.717) is 11.3 Å². The molecule has 0 saturated carbocycles. The van der Waals surface area contributed by atoms with Gasteiger partial charge in [-0.3, -0.25) is 9.78 Å². The number of amides is 1. The Morgan fingerprint density at radius 1 is 1.44 bits per heavy atom. The summed E-state index contributed by atoms with van der Waals surface area (Å²) in [6.45, 7) is 1.61. The Balaban J connectivity index is 0.00000128. The van der Waals surface area contributed by atoms with Gasteiger partial charge >= 0.3 is 0 Å². The Kier molecular flexibility index (Phi) is 4.89. The number of carbonyl (C=O) groups is 1. The summed E-state index contributed by atoms with van der Waals surface area (Å²) in [7, 11) is 0. The number of carbonyl (C=O) groups excluding carboxylic acids is 1. The van der Waals surface area contributed by atoms with Gasteiger partial charge in [-0.1, -0.05) is 0 Å². The minimum Gasteiger partial charge on any atom is -0.398 e. The zero-order chi connectivity index (χ0) is 10.7. The van der Waals surface area contributed by atoms with Crippen molar-refractivity contribution in [3.8, 4) is 0 Å². The first kappa shape index (κ1) is 13.1. The normalized spacial score (nSPS) is 15.4. The number of halogens is 1. The molecular formula is C10H14ClN3OS. The summed E-state index contributed by atoms with van der Waals surface area (Å²) in [6.07, 6.45) is 3.14. The van der Waals surface area contributed by atoms with E-state index < -0.39 is 0 Å². The van der Waals surface area contributed by atoms with E-state index in [9.17, 15) is 4.79 Å². The van der Waals surface area contributed by atoms with E-state index in [1.165, 1.54) is 0 Å². The highest BCUT2D eigenvalue weighted by atomic mass is 35.5. The number of rotatable bonds is 1. The molecule has 1 aliphatic rings. The number of anilines is 1. The molecule has 2 rings (SSSR count). The Hall–Kier alpha value is -0.940. The van der Waals surface area contributed by atoms with Crippen LogP contribution in [0.25, 0.3) is 0 Å². The van der Waals surface area contributed by atoms with Crippen LogP contribution < -0.4 is 5.73 Å². The molecule has 1 aromatic rings. The molecule has 0 radical (unpaired) electrons. The first-order valence-electron chi connectivity index (χ1n) is 4.85. The number of nitrogens with zero attached hydrogens (tertiary/aromatic N) is 2. The molecule has 0 spiro atoms. The van der Waals surface area contributed by atoms with E-state index in [-0.39, 0.29) is 18.3 Å². The topological polar surface area (TPSA) is 59.2 Å². The molecule has 1 aromatic heterocycles. The van der Waals surface area contributed by atoms with Gasteiger partial charge in [0.15, 0.2) is 0 Å². The monoisotopic (exact) mass is 259 g/mol. The molecule has 0 aromatic carbocycles. The second-order valence-electron chi connectivity index (χ2n) is 3.37. The first-order valence-corrected chi connectivity index (χ1v) is 6.01. The third kappa shape index (κ3) is 2.80. The standard InChI is InChI=1S/C10H13N3OS.ClH/c11-9-1-2-12-7-8(9)10(14)13-3-5-15-6-4-13;/h1-2,7H,3-6H2,(H2,11,12);1H. The highest BCUT2D eigenvalue weighted by Crippen LogP contribution is 2.16. The fourth-order valence-corrected chi connectivity index (χ4v) is 2.42. The maximum Gasteiger partial charge on any atom is 0.257 e. The minimum atomic E-state index is 0. The molecule has 0 aliphatic carbocycles. The molecule has 0 unspecified atom stereocenters. The van der Waals surface area contributed by atoms with Crippen molar-refractivity contribution in [1.29, 1.82) is 0 Å². The summed E-state index contributed by atoms with van der Waals surface area (Å²) >= 11 is 1.87. The van der Waals surface area contributed by atoms with Gasteiger partial charge in [-0.2, -0.15) is 11.8 Å². The zero-order valence-corrected chi connectivity index (χ0v) is 10.4. The highest BCUT2D eigenvalue weighted by molar-refractivity contribution is 7.99. The lowest BCUT2D eigenvalue weighted by Gasteiger charge is -2.26. The average Bonchev–Trinajstić information content (AvgIpc) is 2.30. The summed E-state index contributed by atoms with van der Waals surface area (Å²) < 4.78 is 0. The quantitative estimate of drug-likeness (QED) is 0.825. The highest BCUT2D eigenvalue weighted by Gasteiger charge is 2.19. The smallest absolute Gasteiger partial charge is 0.257 e. The van der Waals surface area contributed by atoms with E-state index in [1.54, 1.807) is 18.5 Å². The SMILES string of the molecule is Cl.Nc1ccncc1C(=O)N1CCSCC1. The summed E-state index contributed by atoms with van der Waals surface area (Å²) in [6, 6.07) is 1.66. The van der Waals surface area contributed by atoms with Crippen LogP contribution in [0.15, 0.2) is 18.5 Å². The van der Waals surface area contributed by atoms with Crippen molar-refractivity contribution in [3.05, 3.63) is 24.0 Å². The number of aromatic nitrogens is 1. The molecule has 0 bridgehead atoms. The van der Waals surface area contributed by atoms with Crippen molar-refractivity contribution in [2.45, 2.75) is 0 Å². The van der Waals surface area contributed by atoms with Crippen LogP contribution in [0.5, 0.6) is 0 Å². The van der Waals surface area contributed by atoms with Crippen molar-refractivity contribution in [2.75, 3.05) is 30.3 Å². The van der Waals surface area contributed by atoms with Crippen LogP contribution in [0.2, 0.25) is 0 Å². The zero-order valence-electron chi connectivity index (χ0n) is 8.76. The molecule has 2 heterocycles. The van der Waals surface area contributed by atoms with Gasteiger partial charge in [0.25, 0.3) is 5.91 Å². The van der Waals surface area contributed by atoms with Crippen LogP contribution in [-0.4, -0.2) is 40.4 Å². The van der Waals surface area contributed by atoms with Crippen LogP contribution in [0.4, 0.5) is 5.69 Å². The lowest BCUT2D eigenvalue weighted by Crippen LogP contribution is -2.38. The summed E-state index contributed by atoms with van der Waals surface area (Å²) in [4.78, 5) is 17.8. The van der Waals surface area contributed by atoms with Gasteiger partial charge in [0.05, 0.1) is 5.56 Å². The van der Waals surface area contributed by atoms with Gasteiger partial charge < -0.3 is 10.6 Å². The number of thioether (sulfide) groups is 1. The lowest BCUT2D eigenvalue weighted by molar-refractivity contribution is 0.0773. The fourth-order valence-electron chi connectivity index (χ4n) is 1.52. The second-order valence-corrected chi connectivity index (χ2v) is 4.59. The van der Waals surface area contributed by atoms with Crippen LogP contribution >= 0.6 is 24.2 Å². The molecule has 1 aliphatic heterocycles. The van der Waals surface area contributed by atoms with Gasteiger partial charge in [0, 0.05) is 42.7 Å². The van der Waals surface area contributed by atoms with E-state index in [4.69, 9.17) is 5.73 Å². The minimum absolute atomic E-state index is 0. The Morgan fingerprint density at radius 3 is 2.75 bits per heavy atom. The van der Waals surface area contributed by atoms with E-state index in [0.717, 1.165) is 24.6 Å². The Bertz CT molecular complexity index is 369. The van der Waals surface area contributed by atoms with E-state index in [2.05, 4.69) is 4.98 Å². The van der Waals surface area contributed by atoms with Gasteiger partial charge in [-0.15, -0.1) is 12.4 Å². The summed E-state index contributed by atoms with van der Waals surface area (Å²) in [5.41, 5.74) is 6.76. The maximum atomic E-state index is 12.0. The molecule has 88 valence electrons. The van der Waals surface area contributed by atoms with Crippen molar-refractivity contribution < 1.29 is 4.79 Å². The number of hydrogen-bond acceptors (Lipinski definition) is 4. The van der Waals surface area contributed by atoms with E-state index in [1.807, 2.05) is 16.7 Å². The van der Waals surface area contributed by atoms with Gasteiger partial charge in [-0.25, -0.2) is 0 Å². The molecule has 6 heteroatoms. The van der Waals surface area contributed by atoms with Crippen LogP contribution in [-0.2, 0) is 0 Å². The number of pyridine rings is 1. The van der Waals surface area contributed by atoms with E-state index >= 15 is 0 Å². The molecular weight excluding hydrogens is 246 g/mol.